The van der Waals surface area contributed by atoms with Crippen molar-refractivity contribution < 1.29 is 13.9 Å². The van der Waals surface area contributed by atoms with E-state index in [9.17, 15) is 9.18 Å². The van der Waals surface area contributed by atoms with E-state index in [1.807, 2.05) is 19.2 Å². The molecule has 10 heteroatoms. The molecule has 1 aromatic heterocycles. The van der Waals surface area contributed by atoms with Crippen LogP contribution in [0.25, 0.3) is 10.9 Å². The van der Waals surface area contributed by atoms with E-state index >= 15 is 0 Å². The summed E-state index contributed by atoms with van der Waals surface area (Å²) in [5.41, 5.74) is 1.77. The van der Waals surface area contributed by atoms with Gasteiger partial charge in [-0.15, -0.1) is 0 Å². The largest absolute Gasteiger partial charge is 0.491 e. The molecule has 1 aliphatic heterocycles. The highest BCUT2D eigenvalue weighted by Gasteiger charge is 2.23. The zero-order chi connectivity index (χ0) is 26.5. The van der Waals surface area contributed by atoms with Gasteiger partial charge in [-0.1, -0.05) is 17.7 Å². The predicted molar refractivity (Wildman–Crippen MR) is 149 cm³/mol. The minimum atomic E-state index is -0.497. The van der Waals surface area contributed by atoms with Crippen molar-refractivity contribution in [2.24, 2.45) is 5.92 Å². The van der Waals surface area contributed by atoms with Gasteiger partial charge in [0.25, 0.3) is 0 Å². The summed E-state index contributed by atoms with van der Waals surface area (Å²) in [5, 5.41) is 10.2. The van der Waals surface area contributed by atoms with Crippen LogP contribution in [0.4, 0.5) is 21.6 Å². The lowest BCUT2D eigenvalue weighted by atomic mass is 10.1. The van der Waals surface area contributed by atoms with Gasteiger partial charge in [0.2, 0.25) is 5.91 Å². The molecule has 0 atom stereocenters. The monoisotopic (exact) mass is 538 g/mol. The number of nitrogens with zero attached hydrogens (tertiary/aromatic N) is 3. The van der Waals surface area contributed by atoms with Gasteiger partial charge in [0.1, 0.15) is 23.7 Å². The summed E-state index contributed by atoms with van der Waals surface area (Å²) in [5.74, 6) is 0.884. The van der Waals surface area contributed by atoms with E-state index in [1.54, 1.807) is 18.2 Å². The predicted octanol–water partition coefficient (Wildman–Crippen LogP) is 5.13. The third-order valence-corrected chi connectivity index (χ3v) is 7.27. The van der Waals surface area contributed by atoms with Crippen LogP contribution in [0.15, 0.2) is 48.8 Å². The van der Waals surface area contributed by atoms with Gasteiger partial charge < -0.3 is 20.7 Å². The van der Waals surface area contributed by atoms with Crippen LogP contribution in [0.3, 0.4) is 0 Å². The number of ether oxygens (including phenoxy) is 1. The molecule has 3 aromatic rings. The van der Waals surface area contributed by atoms with Crippen molar-refractivity contribution in [3.8, 4) is 5.75 Å². The zero-order valence-corrected chi connectivity index (χ0v) is 22.1. The van der Waals surface area contributed by atoms with E-state index in [0.717, 1.165) is 45.3 Å². The Morgan fingerprint density at radius 3 is 2.74 bits per heavy atom. The fourth-order valence-electron chi connectivity index (χ4n) is 4.49. The summed E-state index contributed by atoms with van der Waals surface area (Å²) in [7, 11) is 2.00. The second-order valence-electron chi connectivity index (χ2n) is 9.85. The van der Waals surface area contributed by atoms with Crippen molar-refractivity contribution in [2.75, 3.05) is 43.9 Å². The maximum atomic E-state index is 13.6. The molecule has 2 fully saturated rings. The molecule has 38 heavy (non-hydrogen) atoms. The number of hydrogen-bond donors (Lipinski definition) is 3. The first-order valence-electron chi connectivity index (χ1n) is 13.0. The number of rotatable bonds is 10. The smallest absolute Gasteiger partial charge is 0.248 e. The van der Waals surface area contributed by atoms with Gasteiger partial charge in [0.15, 0.2) is 0 Å². The van der Waals surface area contributed by atoms with Crippen molar-refractivity contribution in [2.45, 2.75) is 31.7 Å². The van der Waals surface area contributed by atoms with Gasteiger partial charge in [0.05, 0.1) is 22.8 Å². The number of nitrogens with one attached hydrogen (secondary N) is 3. The maximum Gasteiger partial charge on any atom is 0.248 e. The number of fused-ring (bicyclic) bond motifs is 1. The first kappa shape index (κ1) is 26.3. The number of anilines is 3. The molecular weight excluding hydrogens is 507 g/mol. The fraction of sp³-hybridized carbons (Fsp3) is 0.393. The Hall–Kier alpha value is -3.27. The number of amides is 1. The fourth-order valence-corrected chi connectivity index (χ4v) is 4.67. The van der Waals surface area contributed by atoms with Gasteiger partial charge in [-0.05, 0) is 76.0 Å². The van der Waals surface area contributed by atoms with Gasteiger partial charge in [0, 0.05) is 35.8 Å². The molecule has 1 saturated heterocycles. The van der Waals surface area contributed by atoms with Gasteiger partial charge >= 0.3 is 0 Å². The highest BCUT2D eigenvalue weighted by atomic mass is 35.5. The van der Waals surface area contributed by atoms with Crippen LogP contribution >= 0.6 is 11.6 Å². The summed E-state index contributed by atoms with van der Waals surface area (Å²) < 4.78 is 19.7. The zero-order valence-electron chi connectivity index (χ0n) is 21.3. The number of piperidine rings is 1. The maximum absolute atomic E-state index is 13.6. The molecule has 2 aliphatic rings. The number of halogens is 2. The number of carbonyl (C=O) groups is 1. The Labute approximate surface area is 226 Å². The summed E-state index contributed by atoms with van der Waals surface area (Å²) in [6.07, 6.45) is 9.44. The molecule has 200 valence electrons. The topological polar surface area (TPSA) is 91.4 Å². The molecule has 1 saturated carbocycles. The molecule has 0 spiro atoms. The average molecular weight is 539 g/mol. The molecule has 2 heterocycles. The van der Waals surface area contributed by atoms with Gasteiger partial charge in [-0.25, -0.2) is 14.4 Å². The SMILES string of the molecule is CNC1CCN(CC=CC(=O)Nc2cc3c(Nc4ccc(F)c(Cl)c4)ncnc3cc2OCC2CC2)CC1. The standard InChI is InChI=1S/C28H32ClFN6O2/c1-31-19-8-11-36(12-9-19)10-2-3-27(37)35-25-14-21-24(15-26(25)38-16-18-4-5-18)32-17-33-28(21)34-20-6-7-23(30)22(29)13-20/h2-3,6-7,13-15,17-19,31H,4-5,8-12,16H2,1H3,(H,35,37)(H,32,33,34). The number of benzene rings is 2. The van der Waals surface area contributed by atoms with Crippen LogP contribution in [0, 0.1) is 11.7 Å². The second-order valence-corrected chi connectivity index (χ2v) is 10.3. The number of carbonyl (C=O) groups excluding carboxylic acids is 1. The lowest BCUT2D eigenvalue weighted by molar-refractivity contribution is -0.111. The van der Waals surface area contributed by atoms with Gasteiger partial charge in [-0.2, -0.15) is 0 Å². The summed E-state index contributed by atoms with van der Waals surface area (Å²) in [4.78, 5) is 24.0. The lowest BCUT2D eigenvalue weighted by Crippen LogP contribution is -2.41. The first-order chi connectivity index (χ1) is 18.5. The summed E-state index contributed by atoms with van der Waals surface area (Å²) in [6, 6.07) is 8.55. The van der Waals surface area contributed by atoms with Crippen LogP contribution in [0.1, 0.15) is 25.7 Å². The minimum absolute atomic E-state index is 0.00950. The molecule has 5 rings (SSSR count). The highest BCUT2D eigenvalue weighted by Crippen LogP contribution is 2.36. The molecule has 3 N–H and O–H groups in total. The third kappa shape index (κ3) is 6.78. The quantitative estimate of drug-likeness (QED) is 0.308. The average Bonchev–Trinajstić information content (AvgIpc) is 3.75. The minimum Gasteiger partial charge on any atom is -0.491 e. The number of aromatic nitrogens is 2. The Kier molecular flexibility index (Phi) is 8.36. The Morgan fingerprint density at radius 1 is 1.18 bits per heavy atom. The van der Waals surface area contributed by atoms with Crippen molar-refractivity contribution in [3.63, 3.8) is 0 Å². The molecule has 0 bridgehead atoms. The molecule has 1 aliphatic carbocycles. The van der Waals surface area contributed by atoms with Crippen LogP contribution in [-0.2, 0) is 4.79 Å². The van der Waals surface area contributed by atoms with Crippen LogP contribution in [0.5, 0.6) is 5.75 Å². The van der Waals surface area contributed by atoms with Crippen LogP contribution in [0.2, 0.25) is 5.02 Å². The molecule has 0 unspecified atom stereocenters. The highest BCUT2D eigenvalue weighted by molar-refractivity contribution is 6.31. The Balaban J connectivity index is 1.34. The van der Waals surface area contributed by atoms with E-state index in [1.165, 1.54) is 18.5 Å². The Bertz CT molecular complexity index is 1320. The molecular formula is C28H32ClFN6O2. The van der Waals surface area contributed by atoms with E-state index in [-0.39, 0.29) is 10.9 Å². The van der Waals surface area contributed by atoms with Crippen LogP contribution < -0.4 is 20.7 Å². The van der Waals surface area contributed by atoms with E-state index in [2.05, 4.69) is 30.8 Å². The van der Waals surface area contributed by atoms with E-state index in [4.69, 9.17) is 16.3 Å². The van der Waals surface area contributed by atoms with Crippen molar-refractivity contribution in [1.82, 2.24) is 20.2 Å². The molecule has 2 aromatic carbocycles. The number of hydrogen-bond acceptors (Lipinski definition) is 7. The van der Waals surface area contributed by atoms with Crippen LogP contribution in [-0.4, -0.2) is 60.1 Å². The van der Waals surface area contributed by atoms with E-state index in [0.29, 0.717) is 52.4 Å². The normalized spacial score (nSPS) is 16.7. The van der Waals surface area contributed by atoms with Crippen molar-refractivity contribution in [1.29, 1.82) is 0 Å². The van der Waals surface area contributed by atoms with Gasteiger partial charge in [-0.3, -0.25) is 9.69 Å². The Morgan fingerprint density at radius 2 is 2.00 bits per heavy atom. The van der Waals surface area contributed by atoms with E-state index < -0.39 is 5.82 Å². The van der Waals surface area contributed by atoms with Crippen molar-refractivity contribution in [3.05, 3.63) is 59.7 Å². The molecule has 8 nitrogen and oxygen atoms in total. The molecule has 1 amide bonds. The lowest BCUT2D eigenvalue weighted by Gasteiger charge is -2.30. The first-order valence-corrected chi connectivity index (χ1v) is 13.4. The molecule has 0 radical (unpaired) electrons. The third-order valence-electron chi connectivity index (χ3n) is 6.98. The summed E-state index contributed by atoms with van der Waals surface area (Å²) >= 11 is 5.95. The second kappa shape index (κ2) is 12.1. The van der Waals surface area contributed by atoms with Crippen molar-refractivity contribution >= 4 is 45.6 Å². The number of likely N-dealkylation sites (tertiary alicyclic amines) is 1. The summed E-state index contributed by atoms with van der Waals surface area (Å²) in [6.45, 7) is 3.35.